The zero-order valence-electron chi connectivity index (χ0n) is 20.9. The molecule has 1 aromatic heterocycles. The number of urea groups is 1. The zero-order valence-corrected chi connectivity index (χ0v) is 20.9. The van der Waals surface area contributed by atoms with Gasteiger partial charge >= 0.3 is 6.03 Å². The number of aromatic nitrogens is 2. The first kappa shape index (κ1) is 24.2. The minimum absolute atomic E-state index is 0.0172. The molecule has 2 saturated heterocycles. The summed E-state index contributed by atoms with van der Waals surface area (Å²) in [4.78, 5) is 38.8. The number of hydrogen-bond donors (Lipinski definition) is 2. The van der Waals surface area contributed by atoms with Crippen molar-refractivity contribution in [3.63, 3.8) is 0 Å². The molecule has 2 atom stereocenters. The molecule has 0 radical (unpaired) electrons. The molecule has 0 spiro atoms. The van der Waals surface area contributed by atoms with Gasteiger partial charge in [0.2, 0.25) is 11.8 Å². The SMILES string of the molecule is CCN1CC(C)(C)Oc2nc(N3C4CCC3COC4)nc(-c3ccc(NC(=O)NC)c(F)c3)c2C1=O. The Balaban J connectivity index is 1.67. The molecule has 5 rings (SSSR count). The van der Waals surface area contributed by atoms with Crippen molar-refractivity contribution in [2.75, 3.05) is 43.6 Å². The molecule has 36 heavy (non-hydrogen) atoms. The van der Waals surface area contributed by atoms with Crippen LogP contribution in [0.1, 0.15) is 44.0 Å². The normalized spacial score (nSPS) is 22.5. The van der Waals surface area contributed by atoms with Crippen LogP contribution < -0.4 is 20.3 Å². The van der Waals surface area contributed by atoms with Crippen molar-refractivity contribution in [1.29, 1.82) is 0 Å². The van der Waals surface area contributed by atoms with Crippen LogP contribution in [0.4, 0.5) is 20.8 Å². The highest BCUT2D eigenvalue weighted by molar-refractivity contribution is 6.03. The quantitative estimate of drug-likeness (QED) is 0.667. The highest BCUT2D eigenvalue weighted by atomic mass is 19.1. The van der Waals surface area contributed by atoms with Gasteiger partial charge in [-0.15, -0.1) is 0 Å². The number of hydrogen-bond acceptors (Lipinski definition) is 7. The number of fused-ring (bicyclic) bond motifs is 3. The van der Waals surface area contributed by atoms with E-state index in [1.54, 1.807) is 11.0 Å². The van der Waals surface area contributed by atoms with Crippen molar-refractivity contribution in [2.45, 2.75) is 51.3 Å². The molecule has 3 aliphatic rings. The monoisotopic (exact) mass is 498 g/mol. The minimum atomic E-state index is -0.684. The number of amides is 3. The molecule has 11 heteroatoms. The van der Waals surface area contributed by atoms with E-state index >= 15 is 4.39 Å². The van der Waals surface area contributed by atoms with Gasteiger partial charge in [0.1, 0.15) is 17.0 Å². The number of nitrogens with zero attached hydrogens (tertiary/aromatic N) is 4. The molecule has 0 saturated carbocycles. The molecule has 2 N–H and O–H groups in total. The van der Waals surface area contributed by atoms with Crippen LogP contribution in [0, 0.1) is 5.82 Å². The molecule has 4 heterocycles. The highest BCUT2D eigenvalue weighted by Crippen LogP contribution is 2.39. The molecule has 0 aliphatic carbocycles. The van der Waals surface area contributed by atoms with Crippen LogP contribution in [-0.4, -0.2) is 77.8 Å². The average Bonchev–Trinajstić information content (AvgIpc) is 3.04. The van der Waals surface area contributed by atoms with E-state index in [9.17, 15) is 9.59 Å². The van der Waals surface area contributed by atoms with Crippen LogP contribution in [0.5, 0.6) is 5.88 Å². The topological polar surface area (TPSA) is 109 Å². The Morgan fingerprint density at radius 1 is 1.22 bits per heavy atom. The van der Waals surface area contributed by atoms with Crippen molar-refractivity contribution in [1.82, 2.24) is 20.2 Å². The van der Waals surface area contributed by atoms with Crippen LogP contribution in [0.25, 0.3) is 11.3 Å². The standard InChI is InChI=1S/C25H31FN6O4/c1-5-31-13-25(2,3)36-21-19(22(31)33)20(14-6-9-18(17(26)10-14)28-24(34)27-4)29-23(30-21)32-15-7-8-16(32)12-35-11-15/h6,9-10,15-16H,5,7-8,11-13H2,1-4H3,(H2,27,28,34). The number of halogens is 1. The lowest BCUT2D eigenvalue weighted by Crippen LogP contribution is -2.47. The van der Waals surface area contributed by atoms with E-state index in [2.05, 4.69) is 15.5 Å². The molecule has 2 bridgehead atoms. The number of anilines is 2. The van der Waals surface area contributed by atoms with Crippen LogP contribution in [0.15, 0.2) is 18.2 Å². The Bertz CT molecular complexity index is 1190. The summed E-state index contributed by atoms with van der Waals surface area (Å²) in [6.45, 7) is 7.74. The van der Waals surface area contributed by atoms with Gasteiger partial charge in [0.25, 0.3) is 5.91 Å². The summed E-state index contributed by atoms with van der Waals surface area (Å²) in [5.74, 6) is -0.274. The molecule has 3 amide bonds. The largest absolute Gasteiger partial charge is 0.469 e. The average molecular weight is 499 g/mol. The summed E-state index contributed by atoms with van der Waals surface area (Å²) in [7, 11) is 1.45. The van der Waals surface area contributed by atoms with E-state index in [0.29, 0.717) is 43.5 Å². The van der Waals surface area contributed by atoms with Gasteiger partial charge in [-0.3, -0.25) is 4.79 Å². The fraction of sp³-hybridized carbons (Fsp3) is 0.520. The molecule has 2 aromatic rings. The Morgan fingerprint density at radius 3 is 2.58 bits per heavy atom. The number of carbonyl (C=O) groups is 2. The van der Waals surface area contributed by atoms with E-state index in [1.165, 1.54) is 19.2 Å². The first-order chi connectivity index (χ1) is 17.2. The molecular formula is C25H31FN6O4. The van der Waals surface area contributed by atoms with Crippen LogP contribution in [0.2, 0.25) is 0 Å². The maximum Gasteiger partial charge on any atom is 0.319 e. The number of carbonyl (C=O) groups excluding carboxylic acids is 2. The van der Waals surface area contributed by atoms with Gasteiger partial charge in [0, 0.05) is 19.2 Å². The first-order valence-electron chi connectivity index (χ1n) is 12.3. The van der Waals surface area contributed by atoms with E-state index in [4.69, 9.17) is 19.4 Å². The van der Waals surface area contributed by atoms with Crippen molar-refractivity contribution in [2.24, 2.45) is 0 Å². The molecule has 10 nitrogen and oxygen atoms in total. The third kappa shape index (κ3) is 4.32. The number of likely N-dealkylation sites (N-methyl/N-ethyl adjacent to an activating group) is 1. The molecule has 192 valence electrons. The maximum atomic E-state index is 15.1. The Morgan fingerprint density at radius 2 is 1.94 bits per heavy atom. The Hall–Kier alpha value is -3.47. The van der Waals surface area contributed by atoms with Crippen molar-refractivity contribution in [3.05, 3.63) is 29.6 Å². The molecule has 2 unspecified atom stereocenters. The smallest absolute Gasteiger partial charge is 0.319 e. The number of ether oxygens (including phenoxy) is 2. The molecule has 1 aromatic carbocycles. The van der Waals surface area contributed by atoms with Gasteiger partial charge in [-0.1, -0.05) is 6.07 Å². The number of morpholine rings is 1. The number of nitrogens with one attached hydrogen (secondary N) is 2. The van der Waals surface area contributed by atoms with Gasteiger partial charge in [0.05, 0.1) is 43.2 Å². The summed E-state index contributed by atoms with van der Waals surface area (Å²) in [5, 5.41) is 4.85. The second-order valence-corrected chi connectivity index (χ2v) is 9.96. The van der Waals surface area contributed by atoms with Crippen LogP contribution >= 0.6 is 0 Å². The summed E-state index contributed by atoms with van der Waals surface area (Å²) in [6.07, 6.45) is 1.92. The summed E-state index contributed by atoms with van der Waals surface area (Å²) in [5.41, 5.74) is 0.230. The second-order valence-electron chi connectivity index (χ2n) is 9.96. The third-order valence-electron chi connectivity index (χ3n) is 6.88. The second kappa shape index (κ2) is 9.20. The van der Waals surface area contributed by atoms with Gasteiger partial charge in [-0.2, -0.15) is 4.98 Å². The highest BCUT2D eigenvalue weighted by Gasteiger charge is 2.42. The summed E-state index contributed by atoms with van der Waals surface area (Å²) < 4.78 is 27.1. The Labute approximate surface area is 209 Å². The fourth-order valence-corrected chi connectivity index (χ4v) is 5.16. The maximum absolute atomic E-state index is 15.1. The van der Waals surface area contributed by atoms with E-state index in [0.717, 1.165) is 12.8 Å². The van der Waals surface area contributed by atoms with Crippen molar-refractivity contribution >= 4 is 23.6 Å². The molecular weight excluding hydrogens is 467 g/mol. The van der Waals surface area contributed by atoms with Crippen LogP contribution in [-0.2, 0) is 4.74 Å². The van der Waals surface area contributed by atoms with Gasteiger partial charge in [-0.05, 0) is 45.7 Å². The van der Waals surface area contributed by atoms with E-state index in [-0.39, 0.29) is 35.1 Å². The summed E-state index contributed by atoms with van der Waals surface area (Å²) >= 11 is 0. The lowest BCUT2D eigenvalue weighted by Gasteiger charge is -2.35. The number of rotatable bonds is 4. The van der Waals surface area contributed by atoms with E-state index in [1.807, 2.05) is 20.8 Å². The molecule has 3 aliphatic heterocycles. The predicted octanol–water partition coefficient (Wildman–Crippen LogP) is 3.03. The zero-order chi connectivity index (χ0) is 25.6. The molecule has 2 fully saturated rings. The Kier molecular flexibility index (Phi) is 6.19. The van der Waals surface area contributed by atoms with Crippen LogP contribution in [0.3, 0.4) is 0 Å². The minimum Gasteiger partial charge on any atom is -0.469 e. The first-order valence-corrected chi connectivity index (χ1v) is 12.3. The lowest BCUT2D eigenvalue weighted by molar-refractivity contribution is 0.0540. The fourth-order valence-electron chi connectivity index (χ4n) is 5.16. The van der Waals surface area contributed by atoms with Crippen molar-refractivity contribution < 1.29 is 23.5 Å². The third-order valence-corrected chi connectivity index (χ3v) is 6.88. The van der Waals surface area contributed by atoms with E-state index < -0.39 is 17.4 Å². The lowest BCUT2D eigenvalue weighted by atomic mass is 10.0. The predicted molar refractivity (Wildman–Crippen MR) is 132 cm³/mol. The van der Waals surface area contributed by atoms with Gasteiger partial charge in [0.15, 0.2) is 0 Å². The number of benzene rings is 1. The van der Waals surface area contributed by atoms with Gasteiger partial charge in [-0.25, -0.2) is 14.2 Å². The van der Waals surface area contributed by atoms with Gasteiger partial charge < -0.3 is 29.9 Å². The summed E-state index contributed by atoms with van der Waals surface area (Å²) in [6, 6.07) is 4.08. The van der Waals surface area contributed by atoms with Crippen molar-refractivity contribution in [3.8, 4) is 17.1 Å².